The molecule has 1 aromatic carbocycles. The minimum Gasteiger partial charge on any atom is -0.508 e. The van der Waals surface area contributed by atoms with Crippen molar-refractivity contribution in [2.45, 2.75) is 0 Å². The van der Waals surface area contributed by atoms with Crippen molar-refractivity contribution in [2.75, 3.05) is 5.73 Å². The summed E-state index contributed by atoms with van der Waals surface area (Å²) in [6.45, 7) is 0. The van der Waals surface area contributed by atoms with E-state index in [0.29, 0.717) is 0 Å². The van der Waals surface area contributed by atoms with Crippen molar-refractivity contribution in [3.8, 4) is 5.75 Å². The first-order chi connectivity index (χ1) is 5.11. The van der Waals surface area contributed by atoms with Gasteiger partial charge >= 0.3 is 0 Å². The SMILES string of the molecule is NC(=O)c1ccc(O)cc1N. The number of phenolic OH excluding ortho intramolecular Hbond substituents is 1. The summed E-state index contributed by atoms with van der Waals surface area (Å²) in [5.74, 6) is -0.574. The van der Waals surface area contributed by atoms with E-state index in [2.05, 4.69) is 0 Å². The molecular formula is C7H8N2O2. The summed E-state index contributed by atoms with van der Waals surface area (Å²) in [6, 6.07) is 4.02. The predicted molar refractivity (Wildman–Crippen MR) is 41.0 cm³/mol. The number of hydrogen-bond acceptors (Lipinski definition) is 3. The third kappa shape index (κ3) is 1.40. The zero-order valence-corrected chi connectivity index (χ0v) is 5.74. The number of aromatic hydroxyl groups is 1. The van der Waals surface area contributed by atoms with Crippen molar-refractivity contribution in [1.82, 2.24) is 0 Å². The lowest BCUT2D eigenvalue weighted by Crippen LogP contribution is -2.12. The summed E-state index contributed by atoms with van der Waals surface area (Å²) in [6.07, 6.45) is 0. The Bertz CT molecular complexity index is 296. The van der Waals surface area contributed by atoms with Gasteiger partial charge in [-0.05, 0) is 12.1 Å². The summed E-state index contributed by atoms with van der Waals surface area (Å²) in [7, 11) is 0. The first-order valence-corrected chi connectivity index (χ1v) is 2.99. The van der Waals surface area contributed by atoms with E-state index in [1.54, 1.807) is 0 Å². The van der Waals surface area contributed by atoms with Gasteiger partial charge in [-0.1, -0.05) is 0 Å². The summed E-state index contributed by atoms with van der Waals surface area (Å²) in [5, 5.41) is 8.89. The van der Waals surface area contributed by atoms with Gasteiger partial charge in [0.1, 0.15) is 5.75 Å². The Kier molecular flexibility index (Phi) is 1.68. The monoisotopic (exact) mass is 152 g/mol. The Morgan fingerprint density at radius 1 is 1.45 bits per heavy atom. The highest BCUT2D eigenvalue weighted by molar-refractivity contribution is 5.98. The average molecular weight is 152 g/mol. The minimum atomic E-state index is -0.595. The van der Waals surface area contributed by atoms with Crippen LogP contribution in [0.2, 0.25) is 0 Å². The van der Waals surface area contributed by atoms with Crippen molar-refractivity contribution >= 4 is 11.6 Å². The van der Waals surface area contributed by atoms with E-state index in [0.717, 1.165) is 0 Å². The molecule has 1 amide bonds. The van der Waals surface area contributed by atoms with Gasteiger partial charge in [0.05, 0.1) is 5.56 Å². The number of benzene rings is 1. The Morgan fingerprint density at radius 3 is 2.55 bits per heavy atom. The first-order valence-electron chi connectivity index (χ1n) is 2.99. The number of anilines is 1. The van der Waals surface area contributed by atoms with Crippen molar-refractivity contribution in [2.24, 2.45) is 5.73 Å². The standard InChI is InChI=1S/C7H8N2O2/c8-6-3-4(10)1-2-5(6)7(9)11/h1-3,10H,8H2,(H2,9,11). The first kappa shape index (κ1) is 7.40. The Hall–Kier alpha value is -1.71. The van der Waals surface area contributed by atoms with Crippen LogP contribution in [0.4, 0.5) is 5.69 Å². The molecule has 0 radical (unpaired) electrons. The molecule has 4 nitrogen and oxygen atoms in total. The number of carbonyl (C=O) groups is 1. The van der Waals surface area contributed by atoms with Gasteiger partial charge in [-0.15, -0.1) is 0 Å². The highest BCUT2D eigenvalue weighted by atomic mass is 16.3. The third-order valence-electron chi connectivity index (χ3n) is 1.30. The van der Waals surface area contributed by atoms with Crippen LogP contribution in [0.25, 0.3) is 0 Å². The van der Waals surface area contributed by atoms with Crippen LogP contribution in [0.3, 0.4) is 0 Å². The van der Waals surface area contributed by atoms with Gasteiger partial charge in [0.15, 0.2) is 0 Å². The number of amides is 1. The highest BCUT2D eigenvalue weighted by Crippen LogP contribution is 2.17. The summed E-state index contributed by atoms with van der Waals surface area (Å²) >= 11 is 0. The van der Waals surface area contributed by atoms with Crippen LogP contribution in [0.15, 0.2) is 18.2 Å². The van der Waals surface area contributed by atoms with Crippen LogP contribution in [0, 0.1) is 0 Å². The number of hydrogen-bond donors (Lipinski definition) is 3. The van der Waals surface area contributed by atoms with E-state index < -0.39 is 5.91 Å². The number of primary amides is 1. The van der Waals surface area contributed by atoms with Gasteiger partial charge in [-0.2, -0.15) is 0 Å². The quantitative estimate of drug-likeness (QED) is 0.497. The molecule has 4 heteroatoms. The summed E-state index contributed by atoms with van der Waals surface area (Å²) in [4.78, 5) is 10.6. The molecule has 0 bridgehead atoms. The van der Waals surface area contributed by atoms with Crippen molar-refractivity contribution in [1.29, 1.82) is 0 Å². The maximum absolute atomic E-state index is 10.6. The summed E-state index contributed by atoms with van der Waals surface area (Å²) < 4.78 is 0. The molecule has 0 aliphatic carbocycles. The Morgan fingerprint density at radius 2 is 2.09 bits per heavy atom. The molecule has 0 unspecified atom stereocenters. The van der Waals surface area contributed by atoms with E-state index in [-0.39, 0.29) is 17.0 Å². The number of nitrogens with two attached hydrogens (primary N) is 2. The van der Waals surface area contributed by atoms with E-state index >= 15 is 0 Å². The third-order valence-corrected chi connectivity index (χ3v) is 1.30. The van der Waals surface area contributed by atoms with Crippen LogP contribution < -0.4 is 11.5 Å². The van der Waals surface area contributed by atoms with Crippen molar-refractivity contribution < 1.29 is 9.90 Å². The summed E-state index contributed by atoms with van der Waals surface area (Å²) in [5.41, 5.74) is 10.7. The molecule has 1 rings (SSSR count). The van der Waals surface area contributed by atoms with Gasteiger partial charge in [-0.3, -0.25) is 4.79 Å². The molecule has 0 aromatic heterocycles. The van der Waals surface area contributed by atoms with Crippen LogP contribution in [0.5, 0.6) is 5.75 Å². The Labute approximate surface area is 63.4 Å². The fourth-order valence-electron chi connectivity index (χ4n) is 0.775. The lowest BCUT2D eigenvalue weighted by molar-refractivity contribution is 0.100. The van der Waals surface area contributed by atoms with E-state index in [1.807, 2.05) is 0 Å². The molecule has 0 saturated heterocycles. The second kappa shape index (κ2) is 2.49. The van der Waals surface area contributed by atoms with Crippen LogP contribution >= 0.6 is 0 Å². The topological polar surface area (TPSA) is 89.3 Å². The highest BCUT2D eigenvalue weighted by Gasteiger charge is 2.04. The smallest absolute Gasteiger partial charge is 0.250 e. The van der Waals surface area contributed by atoms with Crippen LogP contribution in [-0.2, 0) is 0 Å². The fourth-order valence-corrected chi connectivity index (χ4v) is 0.775. The number of phenols is 1. The number of rotatable bonds is 1. The van der Waals surface area contributed by atoms with Crippen molar-refractivity contribution in [3.05, 3.63) is 23.8 Å². The average Bonchev–Trinajstić information content (AvgIpc) is 1.85. The van der Waals surface area contributed by atoms with Crippen LogP contribution in [-0.4, -0.2) is 11.0 Å². The Balaban J connectivity index is 3.20. The zero-order valence-electron chi connectivity index (χ0n) is 5.74. The zero-order chi connectivity index (χ0) is 8.43. The molecular weight excluding hydrogens is 144 g/mol. The maximum atomic E-state index is 10.6. The molecule has 0 heterocycles. The van der Waals surface area contributed by atoms with E-state index in [1.165, 1.54) is 18.2 Å². The van der Waals surface area contributed by atoms with Gasteiger partial charge in [0.25, 0.3) is 5.91 Å². The largest absolute Gasteiger partial charge is 0.508 e. The molecule has 0 aliphatic heterocycles. The number of nitrogen functional groups attached to an aromatic ring is 1. The minimum absolute atomic E-state index is 0.0208. The molecule has 58 valence electrons. The van der Waals surface area contributed by atoms with E-state index in [4.69, 9.17) is 16.6 Å². The predicted octanol–water partition coefficient (Wildman–Crippen LogP) is 0.0733. The molecule has 5 N–H and O–H groups in total. The maximum Gasteiger partial charge on any atom is 0.250 e. The second-order valence-electron chi connectivity index (χ2n) is 2.14. The van der Waals surface area contributed by atoms with Gasteiger partial charge in [0, 0.05) is 11.8 Å². The lowest BCUT2D eigenvalue weighted by atomic mass is 10.1. The van der Waals surface area contributed by atoms with Crippen molar-refractivity contribution in [3.63, 3.8) is 0 Å². The molecule has 0 spiro atoms. The van der Waals surface area contributed by atoms with Gasteiger partial charge < -0.3 is 16.6 Å². The molecule has 0 aliphatic rings. The molecule has 1 aromatic rings. The van der Waals surface area contributed by atoms with Crippen LogP contribution in [0.1, 0.15) is 10.4 Å². The fraction of sp³-hybridized carbons (Fsp3) is 0. The number of carbonyl (C=O) groups excluding carboxylic acids is 1. The molecule has 0 saturated carbocycles. The van der Waals surface area contributed by atoms with E-state index in [9.17, 15) is 4.79 Å². The second-order valence-corrected chi connectivity index (χ2v) is 2.14. The lowest BCUT2D eigenvalue weighted by Gasteiger charge is -2.00. The molecule has 0 atom stereocenters. The molecule has 0 fully saturated rings. The molecule has 11 heavy (non-hydrogen) atoms. The van der Waals surface area contributed by atoms with Gasteiger partial charge in [0.2, 0.25) is 0 Å². The normalized spacial score (nSPS) is 9.45. The van der Waals surface area contributed by atoms with Gasteiger partial charge in [-0.25, -0.2) is 0 Å².